The lowest BCUT2D eigenvalue weighted by Crippen LogP contribution is -2.16. The van der Waals surface area contributed by atoms with Gasteiger partial charge in [0.15, 0.2) is 5.84 Å². The molecule has 1 rings (SSSR count). The maximum Gasteiger partial charge on any atom is 0.286 e. The van der Waals surface area contributed by atoms with Crippen LogP contribution in [0.25, 0.3) is 0 Å². The van der Waals surface area contributed by atoms with Crippen molar-refractivity contribution >= 4 is 51.6 Å². The second kappa shape index (κ2) is 4.85. The largest absolute Gasteiger partial charge is 0.286 e. The third-order valence-electron chi connectivity index (χ3n) is 1.61. The highest BCUT2D eigenvalue weighted by Gasteiger charge is 2.26. The van der Waals surface area contributed by atoms with E-state index in [1.165, 1.54) is 19.5 Å². The van der Waals surface area contributed by atoms with E-state index in [1.54, 1.807) is 0 Å². The second-order valence-corrected chi connectivity index (χ2v) is 6.65. The van der Waals surface area contributed by atoms with Gasteiger partial charge in [-0.25, -0.2) is 6.31 Å². The van der Waals surface area contributed by atoms with Crippen molar-refractivity contribution in [1.29, 1.82) is 5.41 Å². The first kappa shape index (κ1) is 13.0. The normalized spacial score (nSPS) is 11.3. The predicted octanol–water partition coefficient (Wildman–Crippen LogP) is 3.52. The number of hydrogen-bond acceptors (Lipinski definition) is 2. The molecule has 3 nitrogen and oxygen atoms in total. The van der Waals surface area contributed by atoms with E-state index in [4.69, 9.17) is 5.41 Å². The molecule has 0 unspecified atom stereocenters. The first-order valence-corrected chi connectivity index (χ1v) is 5.81. The topological polar surface area (TPSA) is 40.0 Å². The average Bonchev–Trinajstić information content (AvgIpc) is 2.15. The van der Waals surface area contributed by atoms with Crippen LogP contribution in [0.5, 0.6) is 0 Å². The fourth-order valence-corrected chi connectivity index (χ4v) is 1.39. The monoisotopic (exact) mass is 437 g/mol. The Labute approximate surface area is 114 Å². The molecule has 0 atom stereocenters. The fraction of sp³-hybridized carbons (Fsp3) is 0.250. The van der Waals surface area contributed by atoms with Gasteiger partial charge in [-0.1, -0.05) is 6.07 Å². The van der Waals surface area contributed by atoms with Crippen molar-refractivity contribution < 1.29 is 8.78 Å². The van der Waals surface area contributed by atoms with Gasteiger partial charge < -0.3 is 0 Å². The number of hydrogen-bond donors (Lipinski definition) is 1. The summed E-state index contributed by atoms with van der Waals surface area (Å²) in [7, 11) is 0. The molecule has 0 spiro atoms. The molecule has 1 aromatic heterocycles. The van der Waals surface area contributed by atoms with Crippen LogP contribution in [0, 0.1) is 5.41 Å². The zero-order valence-corrected chi connectivity index (χ0v) is 12.0. The quantitative estimate of drug-likeness (QED) is 0.333. The highest BCUT2D eigenvalue weighted by Crippen LogP contribution is 2.25. The number of pyridine rings is 1. The molecule has 0 saturated carbocycles. The zero-order valence-electron chi connectivity index (χ0n) is 7.64. The second-order valence-electron chi connectivity index (χ2n) is 2.88. The van der Waals surface area contributed by atoms with Crippen molar-refractivity contribution in [2.45, 2.75) is 12.8 Å². The Morgan fingerprint density at radius 1 is 1.47 bits per heavy atom. The summed E-state index contributed by atoms with van der Waals surface area (Å²) in [5.41, 5.74) is -0.0859. The molecule has 7 heteroatoms. The maximum atomic E-state index is 12.9. The van der Waals surface area contributed by atoms with E-state index in [0.29, 0.717) is 0 Å². The molecule has 15 heavy (non-hydrogen) atoms. The predicted molar refractivity (Wildman–Crippen MR) is 70.5 cm³/mol. The molecule has 0 bridgehead atoms. The molecule has 1 N–H and O–H groups in total. The van der Waals surface area contributed by atoms with Crippen molar-refractivity contribution in [3.63, 3.8) is 0 Å². The highest BCUT2D eigenvalue weighted by molar-refractivity contribution is 14.2. The van der Waals surface area contributed by atoms with Crippen LogP contribution in [0.1, 0.15) is 18.3 Å². The van der Waals surface area contributed by atoms with E-state index in [0.717, 1.165) is 6.92 Å². The lowest BCUT2D eigenvalue weighted by Gasteiger charge is -2.12. The molecule has 0 amide bonds. The first-order chi connectivity index (χ1) is 6.82. The Hall–Kier alpha value is -0.0600. The minimum absolute atomic E-state index is 0.0855. The number of aromatic nitrogens is 1. The lowest BCUT2D eigenvalue weighted by molar-refractivity contribution is 0.0127. The number of rotatable bonds is 2. The summed E-state index contributed by atoms with van der Waals surface area (Å²) < 4.78 is 27.4. The van der Waals surface area contributed by atoms with Gasteiger partial charge in [0.05, 0.1) is 45.7 Å². The molecule has 82 valence electrons. The maximum absolute atomic E-state index is 12.9. The first-order valence-electron chi connectivity index (χ1n) is 3.88. The minimum atomic E-state index is -2.97. The Morgan fingerprint density at radius 2 is 2.07 bits per heavy atom. The average molecular weight is 437 g/mol. The Morgan fingerprint density at radius 3 is 2.53 bits per heavy atom. The number of nitrogens with zero attached hydrogens (tertiary/aromatic N) is 2. The minimum Gasteiger partial charge on any atom is -0.282 e. The third kappa shape index (κ3) is 3.47. The molecule has 0 aromatic carbocycles. The van der Waals surface area contributed by atoms with Gasteiger partial charge in [-0.05, 0) is 12.1 Å². The van der Waals surface area contributed by atoms with E-state index in [1.807, 2.05) is 45.7 Å². The smallest absolute Gasteiger partial charge is 0.282 e. The van der Waals surface area contributed by atoms with Crippen LogP contribution in [0.4, 0.5) is 8.78 Å². The Balaban J connectivity index is 3.09. The van der Waals surface area contributed by atoms with E-state index >= 15 is 0 Å². The van der Waals surface area contributed by atoms with Gasteiger partial charge in [-0.3, -0.25) is 5.41 Å². The molecular weight excluding hydrogens is 430 g/mol. The molecule has 1 aromatic rings. The standard InChI is InChI=1S/C8H7F2I2N3/c1-8(9,10)6-4-2-3-5(14-6)7(13)15(11)12/h2-4,13H,1H3. The SMILES string of the molecule is CC(F)(F)c1cccc(C(=N)N(I)I)n1. The summed E-state index contributed by atoms with van der Waals surface area (Å²) in [5, 5.41) is 7.59. The van der Waals surface area contributed by atoms with Crippen molar-refractivity contribution in [3.05, 3.63) is 29.6 Å². The number of halogens is 4. The third-order valence-corrected chi connectivity index (χ3v) is 2.58. The van der Waals surface area contributed by atoms with Crippen LogP contribution in [-0.4, -0.2) is 12.1 Å². The van der Waals surface area contributed by atoms with E-state index < -0.39 is 5.92 Å². The zero-order chi connectivity index (χ0) is 11.6. The van der Waals surface area contributed by atoms with Gasteiger partial charge in [0, 0.05) is 6.92 Å². The highest BCUT2D eigenvalue weighted by atomic mass is 127. The van der Waals surface area contributed by atoms with Crippen LogP contribution < -0.4 is 0 Å². The van der Waals surface area contributed by atoms with E-state index in [9.17, 15) is 8.78 Å². The fourth-order valence-electron chi connectivity index (χ4n) is 0.898. The van der Waals surface area contributed by atoms with Crippen molar-refractivity contribution in [2.24, 2.45) is 0 Å². The molecule has 0 saturated heterocycles. The van der Waals surface area contributed by atoms with Crippen LogP contribution >= 0.6 is 45.7 Å². The number of amidine groups is 1. The van der Waals surface area contributed by atoms with Crippen molar-refractivity contribution in [3.8, 4) is 0 Å². The molecule has 0 aliphatic rings. The van der Waals surface area contributed by atoms with Crippen molar-refractivity contribution in [2.75, 3.05) is 0 Å². The Bertz CT molecular complexity index is 376. The van der Waals surface area contributed by atoms with Gasteiger partial charge >= 0.3 is 0 Å². The van der Waals surface area contributed by atoms with Gasteiger partial charge in [0.1, 0.15) is 11.4 Å². The van der Waals surface area contributed by atoms with Crippen LogP contribution in [0.2, 0.25) is 0 Å². The summed E-state index contributed by atoms with van der Waals surface area (Å²) in [4.78, 5) is 3.74. The lowest BCUT2D eigenvalue weighted by atomic mass is 10.2. The number of alkyl halides is 2. The van der Waals surface area contributed by atoms with Gasteiger partial charge in [0.25, 0.3) is 5.92 Å². The molecule has 0 aliphatic heterocycles. The molecule has 0 aliphatic carbocycles. The summed E-state index contributed by atoms with van der Waals surface area (Å²) in [5.74, 6) is -2.89. The molecule has 0 radical (unpaired) electrons. The molecular formula is C8H7F2I2N3. The summed E-state index contributed by atoms with van der Waals surface area (Å²) >= 11 is 3.75. The molecule has 0 fully saturated rings. The van der Waals surface area contributed by atoms with Gasteiger partial charge in [0.2, 0.25) is 0 Å². The van der Waals surface area contributed by atoms with Gasteiger partial charge in [-0.2, -0.15) is 8.78 Å². The van der Waals surface area contributed by atoms with Crippen molar-refractivity contribution in [1.82, 2.24) is 6.31 Å². The van der Waals surface area contributed by atoms with E-state index in [-0.39, 0.29) is 17.2 Å². The summed E-state index contributed by atoms with van der Waals surface area (Å²) in [6.45, 7) is 0.786. The van der Waals surface area contributed by atoms with Gasteiger partial charge in [-0.15, -0.1) is 0 Å². The number of nitrogens with one attached hydrogen (secondary N) is 1. The summed E-state index contributed by atoms with van der Waals surface area (Å²) in [6, 6.07) is 4.25. The van der Waals surface area contributed by atoms with E-state index in [2.05, 4.69) is 4.98 Å². The Kier molecular flexibility index (Phi) is 4.20. The van der Waals surface area contributed by atoms with Crippen LogP contribution in [-0.2, 0) is 5.92 Å². The van der Waals surface area contributed by atoms with Crippen LogP contribution in [0.3, 0.4) is 0 Å². The summed E-state index contributed by atoms with van der Waals surface area (Å²) in [6.07, 6.45) is 0. The molecule has 1 heterocycles. The van der Waals surface area contributed by atoms with Crippen LogP contribution in [0.15, 0.2) is 18.2 Å².